The average Bonchev–Trinajstić information content (AvgIpc) is 2.77. The van der Waals surface area contributed by atoms with E-state index in [4.69, 9.17) is 31.6 Å². The summed E-state index contributed by atoms with van der Waals surface area (Å²) >= 11 is 0. The first-order chi connectivity index (χ1) is 14.7. The Balaban J connectivity index is 2.36. The maximum Gasteiger partial charge on any atom is 0.490 e. The van der Waals surface area contributed by atoms with Crippen LogP contribution in [0.25, 0.3) is 0 Å². The molecule has 1 aliphatic rings. The quantitative estimate of drug-likeness (QED) is 0.175. The molecule has 0 aliphatic carbocycles. The van der Waals surface area contributed by atoms with E-state index in [1.807, 2.05) is 0 Å². The summed E-state index contributed by atoms with van der Waals surface area (Å²) in [6, 6.07) is 0.955. The summed E-state index contributed by atoms with van der Waals surface area (Å²) in [4.78, 5) is 51.0. The second-order valence-electron chi connectivity index (χ2n) is 6.42. The number of halogens is 2. The maximum atomic E-state index is 14.9. The van der Waals surface area contributed by atoms with Crippen LogP contribution in [0.5, 0.6) is 0 Å². The van der Waals surface area contributed by atoms with Gasteiger partial charge in [-0.3, -0.25) is 9.09 Å². The van der Waals surface area contributed by atoms with Gasteiger partial charge in [0, 0.05) is 6.20 Å². The Labute approximate surface area is 182 Å². The molecule has 0 aromatic carbocycles. The molecular formula is C12H16F2N3O13P3. The van der Waals surface area contributed by atoms with Crippen molar-refractivity contribution in [1.29, 1.82) is 0 Å². The van der Waals surface area contributed by atoms with Crippen LogP contribution in [0, 0.1) is 12.3 Å². The predicted octanol–water partition coefficient (Wildman–Crippen LogP) is -0.762. The number of nitrogens with two attached hydrogens (primary N) is 1. The first-order valence-electron chi connectivity index (χ1n) is 8.12. The van der Waals surface area contributed by atoms with E-state index in [0.717, 1.165) is 12.3 Å². The first kappa shape index (κ1) is 27.7. The third kappa shape index (κ3) is 5.92. The SMILES string of the molecule is C#C[C@H](OP(=O)(O)OP(=O)(O)OP(=O)(O)O)C1OC(C)(n2ccc(N)nc2=O)C(F)(F)C1O. The van der Waals surface area contributed by atoms with Crippen molar-refractivity contribution in [3.63, 3.8) is 0 Å². The van der Waals surface area contributed by atoms with E-state index in [0.29, 0.717) is 6.92 Å². The highest BCUT2D eigenvalue weighted by Gasteiger charge is 2.69. The second kappa shape index (κ2) is 8.90. The highest BCUT2D eigenvalue weighted by atomic mass is 31.3. The van der Waals surface area contributed by atoms with E-state index < -0.39 is 59.1 Å². The van der Waals surface area contributed by atoms with Crippen molar-refractivity contribution in [3.05, 3.63) is 22.7 Å². The minimum Gasteiger partial charge on any atom is -0.384 e. The van der Waals surface area contributed by atoms with Gasteiger partial charge in [0.2, 0.25) is 5.72 Å². The Morgan fingerprint density at radius 2 is 1.85 bits per heavy atom. The van der Waals surface area contributed by atoms with Gasteiger partial charge in [-0.25, -0.2) is 18.5 Å². The number of hydrogen-bond donors (Lipinski definition) is 6. The molecule has 0 radical (unpaired) electrons. The van der Waals surface area contributed by atoms with Crippen LogP contribution in [0.3, 0.4) is 0 Å². The van der Waals surface area contributed by atoms with Crippen molar-refractivity contribution in [2.45, 2.75) is 36.9 Å². The third-order valence-corrected chi connectivity index (χ3v) is 7.90. The van der Waals surface area contributed by atoms with Crippen molar-refractivity contribution in [2.75, 3.05) is 5.73 Å². The topological polar surface area (TPSA) is 250 Å². The molecule has 0 spiro atoms. The molecule has 21 heteroatoms. The van der Waals surface area contributed by atoms with Gasteiger partial charge in [0.1, 0.15) is 11.9 Å². The standard InChI is InChI=1S/C12H16F2N3O13P3/c1-3-6(28-32(23,24)30-33(25,26)29-31(20,21)22)8-9(18)12(13,14)11(2,27-8)17-5-4-7(15)16-10(17)19/h1,4-6,8-9,18H,2H3,(H,23,24)(H,25,26)(H2,15,16,19)(H2,20,21,22)/t6-,8?,9?,11?/m0/s1. The summed E-state index contributed by atoms with van der Waals surface area (Å²) in [5, 5.41) is 10.1. The molecule has 2 heterocycles. The van der Waals surface area contributed by atoms with Crippen LogP contribution in [0.2, 0.25) is 0 Å². The molecule has 186 valence electrons. The predicted molar refractivity (Wildman–Crippen MR) is 100.0 cm³/mol. The molecule has 1 saturated heterocycles. The smallest absolute Gasteiger partial charge is 0.384 e. The van der Waals surface area contributed by atoms with Crippen molar-refractivity contribution in [2.24, 2.45) is 0 Å². The number of rotatable bonds is 8. The Hall–Kier alpha value is -1.57. The van der Waals surface area contributed by atoms with E-state index >= 15 is 0 Å². The van der Waals surface area contributed by atoms with Gasteiger partial charge in [-0.1, -0.05) is 5.92 Å². The van der Waals surface area contributed by atoms with Crippen LogP contribution < -0.4 is 11.4 Å². The van der Waals surface area contributed by atoms with Gasteiger partial charge in [0.15, 0.2) is 12.2 Å². The van der Waals surface area contributed by atoms with Gasteiger partial charge in [0.05, 0.1) is 0 Å². The Morgan fingerprint density at radius 1 is 1.27 bits per heavy atom. The normalized spacial score (nSPS) is 29.5. The van der Waals surface area contributed by atoms with Gasteiger partial charge >= 0.3 is 35.1 Å². The molecular weight excluding hydrogens is 525 g/mol. The summed E-state index contributed by atoms with van der Waals surface area (Å²) in [6.45, 7) is 0.647. The van der Waals surface area contributed by atoms with Crippen molar-refractivity contribution in [3.8, 4) is 12.3 Å². The number of phosphoric ester groups is 1. The summed E-state index contributed by atoms with van der Waals surface area (Å²) < 4.78 is 80.4. The number of alkyl halides is 2. The lowest BCUT2D eigenvalue weighted by atomic mass is 10.00. The van der Waals surface area contributed by atoms with E-state index in [2.05, 4.69) is 18.1 Å². The number of hydrogen-bond acceptors (Lipinski definition) is 11. The molecule has 0 saturated carbocycles. The molecule has 1 fully saturated rings. The maximum absolute atomic E-state index is 14.9. The molecule has 2 rings (SSSR count). The van der Waals surface area contributed by atoms with Gasteiger partial charge in [-0.2, -0.15) is 22.4 Å². The molecule has 0 amide bonds. The molecule has 0 bridgehead atoms. The molecule has 1 aromatic rings. The van der Waals surface area contributed by atoms with Crippen LogP contribution in [0.1, 0.15) is 6.92 Å². The number of aliphatic hydroxyl groups is 1. The minimum absolute atomic E-state index is 0.255. The number of terminal acetylenes is 1. The van der Waals surface area contributed by atoms with E-state index in [1.54, 1.807) is 5.92 Å². The summed E-state index contributed by atoms with van der Waals surface area (Å²) in [7, 11) is -17.5. The van der Waals surface area contributed by atoms with Crippen LogP contribution in [0.4, 0.5) is 14.6 Å². The summed E-state index contributed by atoms with van der Waals surface area (Å²) in [5.74, 6) is -3.06. The molecule has 1 aromatic heterocycles. The first-order valence-corrected chi connectivity index (χ1v) is 12.6. The molecule has 7 N–H and O–H groups in total. The second-order valence-corrected chi connectivity index (χ2v) is 10.8. The largest absolute Gasteiger partial charge is 0.490 e. The van der Waals surface area contributed by atoms with E-state index in [1.165, 1.54) is 0 Å². The van der Waals surface area contributed by atoms with Gasteiger partial charge in [0.25, 0.3) is 0 Å². The Kier molecular flexibility index (Phi) is 7.46. The number of aromatic nitrogens is 2. The van der Waals surface area contributed by atoms with Crippen LogP contribution >= 0.6 is 23.5 Å². The number of phosphoric acid groups is 3. The van der Waals surface area contributed by atoms with Crippen molar-refractivity contribution in [1.82, 2.24) is 9.55 Å². The minimum atomic E-state index is -5.95. The molecule has 5 unspecified atom stereocenters. The van der Waals surface area contributed by atoms with Gasteiger partial charge in [-0.05, 0) is 13.0 Å². The summed E-state index contributed by atoms with van der Waals surface area (Å²) in [5.41, 5.74) is 0.989. The third-order valence-electron chi connectivity index (χ3n) is 4.08. The Bertz CT molecular complexity index is 1170. The molecule has 6 atom stereocenters. The highest BCUT2D eigenvalue weighted by Crippen LogP contribution is 2.67. The van der Waals surface area contributed by atoms with Crippen LogP contribution in [-0.2, 0) is 37.3 Å². The number of anilines is 1. The van der Waals surface area contributed by atoms with Crippen molar-refractivity contribution >= 4 is 29.3 Å². The monoisotopic (exact) mass is 541 g/mol. The fraction of sp³-hybridized carbons (Fsp3) is 0.500. The number of nitrogen functional groups attached to an aromatic ring is 1. The zero-order chi connectivity index (χ0) is 25.6. The lowest BCUT2D eigenvalue weighted by Gasteiger charge is -2.32. The zero-order valence-electron chi connectivity index (χ0n) is 16.0. The zero-order valence-corrected chi connectivity index (χ0v) is 18.7. The fourth-order valence-corrected chi connectivity index (χ4v) is 5.83. The Morgan fingerprint density at radius 3 is 2.33 bits per heavy atom. The van der Waals surface area contributed by atoms with Crippen LogP contribution in [-0.4, -0.2) is 58.5 Å². The van der Waals surface area contributed by atoms with E-state index in [-0.39, 0.29) is 10.4 Å². The molecule has 33 heavy (non-hydrogen) atoms. The summed E-state index contributed by atoms with van der Waals surface area (Å²) in [6.07, 6.45) is -1.82. The fourth-order valence-electron chi connectivity index (χ4n) is 2.70. The number of ether oxygens (including phenoxy) is 1. The number of nitrogens with zero attached hydrogens (tertiary/aromatic N) is 2. The van der Waals surface area contributed by atoms with Gasteiger partial charge in [-0.15, -0.1) is 6.42 Å². The molecule has 16 nitrogen and oxygen atoms in total. The number of aliphatic hydroxyl groups excluding tert-OH is 1. The average molecular weight is 541 g/mol. The van der Waals surface area contributed by atoms with E-state index in [9.17, 15) is 37.3 Å². The lowest BCUT2D eigenvalue weighted by molar-refractivity contribution is -0.211. The molecule has 1 aliphatic heterocycles. The highest BCUT2D eigenvalue weighted by molar-refractivity contribution is 7.66. The van der Waals surface area contributed by atoms with Gasteiger partial charge < -0.3 is 35.2 Å². The van der Waals surface area contributed by atoms with Crippen LogP contribution in [0.15, 0.2) is 17.1 Å². The van der Waals surface area contributed by atoms with Crippen molar-refractivity contribution < 1.29 is 65.0 Å². The lowest BCUT2D eigenvalue weighted by Crippen LogP contribution is -2.53.